The molecule has 2 heterocycles. The van der Waals surface area contributed by atoms with Crippen LogP contribution in [0.1, 0.15) is 43.6 Å². The Hall–Kier alpha value is -1.56. The number of aromatic nitrogens is 1. The van der Waals surface area contributed by atoms with Crippen molar-refractivity contribution in [3.63, 3.8) is 0 Å². The molecule has 6 heteroatoms. The van der Waals surface area contributed by atoms with E-state index in [0.29, 0.717) is 18.5 Å². The van der Waals surface area contributed by atoms with Gasteiger partial charge in [-0.1, -0.05) is 6.92 Å². The third-order valence-electron chi connectivity index (χ3n) is 3.68. The zero-order chi connectivity index (χ0) is 15.1. The summed E-state index contributed by atoms with van der Waals surface area (Å²) in [6, 6.07) is 0.526. The molecule has 0 amide bonds. The Bertz CT molecular complexity index is 441. The molecule has 0 spiro atoms. The second-order valence-electron chi connectivity index (χ2n) is 5.38. The lowest BCUT2D eigenvalue weighted by Crippen LogP contribution is -2.36. The van der Waals surface area contributed by atoms with Crippen molar-refractivity contribution < 1.29 is 13.9 Å². The van der Waals surface area contributed by atoms with Gasteiger partial charge >= 0.3 is 5.97 Å². The molecule has 0 saturated carbocycles. The largest absolute Gasteiger partial charge is 0.461 e. The summed E-state index contributed by atoms with van der Waals surface area (Å²) in [6.07, 6.45) is 4.75. The molecule has 1 N–H and O–H groups in total. The van der Waals surface area contributed by atoms with Crippen LogP contribution in [0.3, 0.4) is 0 Å². The van der Waals surface area contributed by atoms with Crippen molar-refractivity contribution in [2.24, 2.45) is 5.92 Å². The average Bonchev–Trinajstić information content (AvgIpc) is 2.98. The number of anilines is 1. The zero-order valence-corrected chi connectivity index (χ0v) is 12.9. The smallest absolute Gasteiger partial charge is 0.360 e. The molecule has 0 aliphatic carbocycles. The standard InChI is InChI=1S/C15H25N3O3/c1-3-9-18(10-12-5-7-16-8-6-12)15-17-13(11-21-15)14(19)20-4-2/h11-12,16H,3-10H2,1-2H3. The Balaban J connectivity index is 2.01. The Labute approximate surface area is 125 Å². The average molecular weight is 295 g/mol. The number of carbonyl (C=O) groups is 1. The lowest BCUT2D eigenvalue weighted by molar-refractivity contribution is 0.0519. The molecule has 0 aromatic carbocycles. The van der Waals surface area contributed by atoms with Crippen LogP contribution in [0.15, 0.2) is 10.7 Å². The number of hydrogen-bond acceptors (Lipinski definition) is 6. The fourth-order valence-corrected chi connectivity index (χ4v) is 2.62. The van der Waals surface area contributed by atoms with Gasteiger partial charge in [0, 0.05) is 13.1 Å². The summed E-state index contributed by atoms with van der Waals surface area (Å²) >= 11 is 0. The van der Waals surface area contributed by atoms with Gasteiger partial charge in [0.2, 0.25) is 0 Å². The molecule has 0 atom stereocenters. The molecule has 1 aliphatic rings. The van der Waals surface area contributed by atoms with E-state index < -0.39 is 5.97 Å². The zero-order valence-electron chi connectivity index (χ0n) is 12.9. The molecule has 0 radical (unpaired) electrons. The lowest BCUT2D eigenvalue weighted by Gasteiger charge is -2.28. The number of esters is 1. The van der Waals surface area contributed by atoms with Gasteiger partial charge in [-0.25, -0.2) is 4.79 Å². The fourth-order valence-electron chi connectivity index (χ4n) is 2.62. The van der Waals surface area contributed by atoms with Crippen LogP contribution in [0.25, 0.3) is 0 Å². The SMILES string of the molecule is CCCN(CC1CCNCC1)c1nc(C(=O)OCC)co1. The van der Waals surface area contributed by atoms with Gasteiger partial charge in [-0.05, 0) is 45.2 Å². The highest BCUT2D eigenvalue weighted by molar-refractivity contribution is 5.87. The van der Waals surface area contributed by atoms with E-state index >= 15 is 0 Å². The highest BCUT2D eigenvalue weighted by atomic mass is 16.5. The Morgan fingerprint density at radius 2 is 2.24 bits per heavy atom. The highest BCUT2D eigenvalue weighted by Gasteiger charge is 2.21. The molecule has 0 bridgehead atoms. The maximum atomic E-state index is 11.7. The molecule has 1 aliphatic heterocycles. The van der Waals surface area contributed by atoms with Crippen molar-refractivity contribution in [1.29, 1.82) is 0 Å². The van der Waals surface area contributed by atoms with E-state index in [1.54, 1.807) is 6.92 Å². The van der Waals surface area contributed by atoms with Gasteiger partial charge in [0.1, 0.15) is 6.26 Å². The van der Waals surface area contributed by atoms with E-state index in [9.17, 15) is 4.79 Å². The first-order valence-electron chi connectivity index (χ1n) is 7.82. The minimum Gasteiger partial charge on any atom is -0.461 e. The Morgan fingerprint density at radius 1 is 1.48 bits per heavy atom. The van der Waals surface area contributed by atoms with Crippen molar-refractivity contribution >= 4 is 12.0 Å². The molecular weight excluding hydrogens is 270 g/mol. The van der Waals surface area contributed by atoms with Crippen LogP contribution in [0, 0.1) is 5.92 Å². The summed E-state index contributed by atoms with van der Waals surface area (Å²) in [5.74, 6) is 0.224. The van der Waals surface area contributed by atoms with Gasteiger partial charge in [0.25, 0.3) is 6.01 Å². The van der Waals surface area contributed by atoms with E-state index in [4.69, 9.17) is 9.15 Å². The second kappa shape index (κ2) is 8.02. The summed E-state index contributed by atoms with van der Waals surface area (Å²) < 4.78 is 10.4. The van der Waals surface area contributed by atoms with E-state index in [0.717, 1.165) is 32.6 Å². The summed E-state index contributed by atoms with van der Waals surface area (Å²) in [5.41, 5.74) is 0.248. The van der Waals surface area contributed by atoms with Gasteiger partial charge in [0.15, 0.2) is 5.69 Å². The molecule has 1 saturated heterocycles. The first-order chi connectivity index (χ1) is 10.2. The number of ether oxygens (including phenoxy) is 1. The Kier molecular flexibility index (Phi) is 6.04. The van der Waals surface area contributed by atoms with E-state index in [1.807, 2.05) is 0 Å². The summed E-state index contributed by atoms with van der Waals surface area (Å²) in [4.78, 5) is 18.1. The highest BCUT2D eigenvalue weighted by Crippen LogP contribution is 2.20. The molecule has 1 aromatic rings. The molecule has 1 fully saturated rings. The molecule has 21 heavy (non-hydrogen) atoms. The van der Waals surface area contributed by atoms with Gasteiger partial charge in [0.05, 0.1) is 6.61 Å². The van der Waals surface area contributed by atoms with Crippen LogP contribution in [0.2, 0.25) is 0 Å². The maximum absolute atomic E-state index is 11.7. The van der Waals surface area contributed by atoms with Crippen molar-refractivity contribution in [3.8, 4) is 0 Å². The van der Waals surface area contributed by atoms with Crippen molar-refractivity contribution in [3.05, 3.63) is 12.0 Å². The lowest BCUT2D eigenvalue weighted by atomic mass is 9.97. The summed E-state index contributed by atoms with van der Waals surface area (Å²) in [6.45, 7) is 8.21. The number of rotatable bonds is 7. The number of nitrogens with one attached hydrogen (secondary N) is 1. The predicted octanol–water partition coefficient (Wildman–Crippen LogP) is 2.07. The molecule has 1 aromatic heterocycles. The summed E-state index contributed by atoms with van der Waals surface area (Å²) in [7, 11) is 0. The Morgan fingerprint density at radius 3 is 2.90 bits per heavy atom. The van der Waals surface area contributed by atoms with Crippen LogP contribution in [-0.2, 0) is 4.74 Å². The number of nitrogens with zero attached hydrogens (tertiary/aromatic N) is 2. The molecule has 0 unspecified atom stereocenters. The quantitative estimate of drug-likeness (QED) is 0.777. The maximum Gasteiger partial charge on any atom is 0.360 e. The molecule has 118 valence electrons. The summed E-state index contributed by atoms with van der Waals surface area (Å²) in [5, 5.41) is 3.37. The van der Waals surface area contributed by atoms with Crippen LogP contribution in [0.5, 0.6) is 0 Å². The van der Waals surface area contributed by atoms with Crippen LogP contribution < -0.4 is 10.2 Å². The van der Waals surface area contributed by atoms with Crippen molar-refractivity contribution in [2.75, 3.05) is 37.7 Å². The monoisotopic (exact) mass is 295 g/mol. The fraction of sp³-hybridized carbons (Fsp3) is 0.733. The van der Waals surface area contributed by atoms with Gasteiger partial charge in [-0.3, -0.25) is 0 Å². The first-order valence-corrected chi connectivity index (χ1v) is 7.82. The van der Waals surface area contributed by atoms with Crippen LogP contribution in [0.4, 0.5) is 6.01 Å². The minimum absolute atomic E-state index is 0.248. The third kappa shape index (κ3) is 4.46. The van der Waals surface area contributed by atoms with Gasteiger partial charge in [-0.15, -0.1) is 0 Å². The van der Waals surface area contributed by atoms with Crippen molar-refractivity contribution in [1.82, 2.24) is 10.3 Å². The van der Waals surface area contributed by atoms with E-state index in [-0.39, 0.29) is 5.69 Å². The molecule has 2 rings (SSSR count). The van der Waals surface area contributed by atoms with Crippen molar-refractivity contribution in [2.45, 2.75) is 33.1 Å². The minimum atomic E-state index is -0.425. The van der Waals surface area contributed by atoms with Gasteiger partial charge in [-0.2, -0.15) is 4.98 Å². The molecule has 6 nitrogen and oxygen atoms in total. The number of hydrogen-bond donors (Lipinski definition) is 1. The van der Waals surface area contributed by atoms with E-state index in [2.05, 4.69) is 22.1 Å². The topological polar surface area (TPSA) is 67.6 Å². The number of piperidine rings is 1. The van der Waals surface area contributed by atoms with Crippen LogP contribution in [-0.4, -0.2) is 43.7 Å². The normalized spacial score (nSPS) is 15.9. The van der Waals surface area contributed by atoms with E-state index in [1.165, 1.54) is 19.1 Å². The predicted molar refractivity (Wildman–Crippen MR) is 80.6 cm³/mol. The van der Waals surface area contributed by atoms with Crippen LogP contribution >= 0.6 is 0 Å². The molecular formula is C15H25N3O3. The third-order valence-corrected chi connectivity index (χ3v) is 3.68. The number of carbonyl (C=O) groups excluding carboxylic acids is 1. The van der Waals surface area contributed by atoms with Gasteiger partial charge < -0.3 is 19.4 Å². The first kappa shape index (κ1) is 15.8. The number of oxazole rings is 1. The second-order valence-corrected chi connectivity index (χ2v) is 5.38.